The number of carbonyl (C=O) groups is 2. The van der Waals surface area contributed by atoms with Crippen LogP contribution in [0.25, 0.3) is 6.08 Å². The number of hydroxylamine groups is 1. The number of benzene rings is 3. The van der Waals surface area contributed by atoms with Gasteiger partial charge in [-0.1, -0.05) is 65.7 Å². The average molecular weight is 465 g/mol. The Labute approximate surface area is 195 Å². The number of rotatable bonds is 4. The Morgan fingerprint density at radius 1 is 0.750 bits per heavy atom. The molecule has 0 unspecified atom stereocenters. The van der Waals surface area contributed by atoms with Gasteiger partial charge in [-0.15, -0.1) is 0 Å². The van der Waals surface area contributed by atoms with Crippen LogP contribution in [0.5, 0.6) is 0 Å². The van der Waals surface area contributed by atoms with Crippen LogP contribution in [0, 0.1) is 5.92 Å². The summed E-state index contributed by atoms with van der Waals surface area (Å²) in [5.74, 6) is -1.36. The van der Waals surface area contributed by atoms with Crippen molar-refractivity contribution in [3.63, 3.8) is 0 Å². The first-order chi connectivity index (χ1) is 15.5. The van der Waals surface area contributed by atoms with Crippen molar-refractivity contribution in [2.75, 3.05) is 9.96 Å². The Morgan fingerprint density at radius 2 is 1.38 bits per heavy atom. The molecule has 3 aromatic carbocycles. The molecule has 0 aliphatic carbocycles. The molecular weight excluding hydrogens is 447 g/mol. The van der Waals surface area contributed by atoms with Gasteiger partial charge in [-0.05, 0) is 54.1 Å². The summed E-state index contributed by atoms with van der Waals surface area (Å²) in [5.41, 5.74) is 2.18. The Balaban J connectivity index is 1.51. The van der Waals surface area contributed by atoms with Gasteiger partial charge in [0, 0.05) is 10.0 Å². The van der Waals surface area contributed by atoms with Crippen LogP contribution in [0.15, 0.2) is 84.9 Å². The molecule has 7 heteroatoms. The van der Waals surface area contributed by atoms with Crippen molar-refractivity contribution in [3.8, 4) is 0 Å². The number of halogens is 2. The topological polar surface area (TPSA) is 49.9 Å². The molecule has 0 aromatic heterocycles. The lowest BCUT2D eigenvalue weighted by Crippen LogP contribution is -2.39. The second-order valence-electron chi connectivity index (χ2n) is 7.60. The summed E-state index contributed by atoms with van der Waals surface area (Å²) < 4.78 is 0. The lowest BCUT2D eigenvalue weighted by Gasteiger charge is -2.26. The van der Waals surface area contributed by atoms with Crippen molar-refractivity contribution in [1.82, 2.24) is 0 Å². The maximum absolute atomic E-state index is 13.4. The molecule has 2 amide bonds. The lowest BCUT2D eigenvalue weighted by molar-refractivity contribution is -0.126. The van der Waals surface area contributed by atoms with Crippen LogP contribution < -0.4 is 9.96 Å². The summed E-state index contributed by atoms with van der Waals surface area (Å²) in [6.45, 7) is 0. The molecule has 2 aliphatic rings. The second-order valence-corrected chi connectivity index (χ2v) is 8.48. The minimum absolute atomic E-state index is 0.300. The molecule has 5 nitrogen and oxygen atoms in total. The van der Waals surface area contributed by atoms with E-state index in [0.29, 0.717) is 15.7 Å². The molecule has 0 saturated carbocycles. The maximum atomic E-state index is 13.4. The molecule has 0 N–H and O–H groups in total. The van der Waals surface area contributed by atoms with E-state index in [4.69, 9.17) is 28.0 Å². The molecule has 160 valence electrons. The molecular formula is C25H18Cl2N2O3. The number of hydrogen-bond acceptors (Lipinski definition) is 4. The summed E-state index contributed by atoms with van der Waals surface area (Å²) in [5, 5.41) is 2.83. The highest BCUT2D eigenvalue weighted by atomic mass is 35.5. The van der Waals surface area contributed by atoms with E-state index in [1.54, 1.807) is 41.5 Å². The van der Waals surface area contributed by atoms with E-state index in [1.165, 1.54) is 4.90 Å². The zero-order chi connectivity index (χ0) is 22.2. The van der Waals surface area contributed by atoms with Gasteiger partial charge in [-0.25, -0.2) is 9.96 Å². The van der Waals surface area contributed by atoms with Crippen molar-refractivity contribution in [2.24, 2.45) is 5.92 Å². The molecule has 2 aliphatic heterocycles. The number of nitrogens with zero attached hydrogens (tertiary/aromatic N) is 2. The van der Waals surface area contributed by atoms with Gasteiger partial charge in [-0.2, -0.15) is 0 Å². The van der Waals surface area contributed by atoms with Gasteiger partial charge in [-0.3, -0.25) is 14.4 Å². The summed E-state index contributed by atoms with van der Waals surface area (Å²) >= 11 is 12.0. The molecule has 0 radical (unpaired) electrons. The third-order valence-corrected chi connectivity index (χ3v) is 6.12. The van der Waals surface area contributed by atoms with Crippen LogP contribution in [0.4, 0.5) is 11.4 Å². The van der Waals surface area contributed by atoms with Crippen molar-refractivity contribution in [1.29, 1.82) is 0 Å². The summed E-state index contributed by atoms with van der Waals surface area (Å²) in [6.07, 6.45) is 2.90. The number of anilines is 2. The molecule has 0 spiro atoms. The van der Waals surface area contributed by atoms with Crippen LogP contribution in [-0.2, 0) is 14.4 Å². The third kappa shape index (κ3) is 3.69. The van der Waals surface area contributed by atoms with Crippen molar-refractivity contribution in [3.05, 3.63) is 101 Å². The van der Waals surface area contributed by atoms with E-state index >= 15 is 0 Å². The Morgan fingerprint density at radius 3 is 2.03 bits per heavy atom. The quantitative estimate of drug-likeness (QED) is 0.486. The summed E-state index contributed by atoms with van der Waals surface area (Å²) in [4.78, 5) is 33.9. The molecule has 2 fully saturated rings. The monoisotopic (exact) mass is 464 g/mol. The van der Waals surface area contributed by atoms with Gasteiger partial charge in [0.15, 0.2) is 6.10 Å². The Kier molecular flexibility index (Phi) is 5.47. The van der Waals surface area contributed by atoms with Crippen LogP contribution in [0.2, 0.25) is 10.0 Å². The summed E-state index contributed by atoms with van der Waals surface area (Å²) in [6, 6.07) is 23.0. The normalized spacial score (nSPS) is 22.8. The number of fused-ring (bicyclic) bond motifs is 1. The molecule has 2 heterocycles. The first kappa shape index (κ1) is 20.8. The summed E-state index contributed by atoms with van der Waals surface area (Å²) in [7, 11) is 0. The van der Waals surface area contributed by atoms with E-state index in [0.717, 1.165) is 11.3 Å². The highest BCUT2D eigenvalue weighted by molar-refractivity contribution is 6.31. The number of para-hydroxylation sites is 1. The zero-order valence-corrected chi connectivity index (χ0v) is 18.3. The maximum Gasteiger partial charge on any atom is 0.266 e. The largest absolute Gasteiger partial charge is 0.273 e. The SMILES string of the molecule is O=C1[C@H]2[C@@H](/C=C\c3ccc(Cl)cc3)N(c3ccccc3)O[C@H]2C(=O)N1c1ccc(Cl)cc1. The van der Waals surface area contributed by atoms with Gasteiger partial charge in [0.25, 0.3) is 5.91 Å². The number of hydrogen-bond donors (Lipinski definition) is 0. The fraction of sp³-hybridized carbons (Fsp3) is 0.120. The highest BCUT2D eigenvalue weighted by Crippen LogP contribution is 2.41. The van der Waals surface area contributed by atoms with E-state index in [1.807, 2.05) is 54.6 Å². The fourth-order valence-electron chi connectivity index (χ4n) is 4.08. The third-order valence-electron chi connectivity index (χ3n) is 5.61. The molecule has 3 atom stereocenters. The van der Waals surface area contributed by atoms with Gasteiger partial charge in [0.2, 0.25) is 5.91 Å². The predicted molar refractivity (Wildman–Crippen MR) is 126 cm³/mol. The van der Waals surface area contributed by atoms with Crippen molar-refractivity contribution < 1.29 is 14.4 Å². The molecule has 0 bridgehead atoms. The number of amides is 2. The number of imide groups is 1. The number of carbonyl (C=O) groups excluding carboxylic acids is 2. The average Bonchev–Trinajstić information content (AvgIpc) is 3.30. The second kappa shape index (κ2) is 8.43. The van der Waals surface area contributed by atoms with E-state index in [2.05, 4.69) is 0 Å². The molecule has 32 heavy (non-hydrogen) atoms. The minimum Gasteiger partial charge on any atom is -0.273 e. The van der Waals surface area contributed by atoms with Gasteiger partial charge in [0.05, 0.1) is 17.4 Å². The van der Waals surface area contributed by atoms with Crippen molar-refractivity contribution in [2.45, 2.75) is 12.1 Å². The first-order valence-electron chi connectivity index (χ1n) is 10.1. The van der Waals surface area contributed by atoms with Crippen LogP contribution in [0.1, 0.15) is 5.56 Å². The Hall–Kier alpha value is -3.12. The standard InChI is InChI=1S/C25H18Cl2N2O3/c26-17-9-6-16(7-10-17)8-15-21-22-23(32-29(21)20-4-2-1-3-5-20)25(31)28(24(22)30)19-13-11-18(27)12-14-19/h1-15,21-23H/b15-8-/t21-,22+,23-/m1/s1. The smallest absolute Gasteiger partial charge is 0.266 e. The Bertz CT molecular complexity index is 1180. The van der Waals surface area contributed by atoms with Gasteiger partial charge >= 0.3 is 0 Å². The van der Waals surface area contributed by atoms with E-state index in [9.17, 15) is 9.59 Å². The zero-order valence-electron chi connectivity index (χ0n) is 16.8. The molecule has 2 saturated heterocycles. The minimum atomic E-state index is -0.904. The molecule has 3 aromatic rings. The van der Waals surface area contributed by atoms with Crippen molar-refractivity contribution >= 4 is 52.5 Å². The van der Waals surface area contributed by atoms with Gasteiger partial charge in [0.1, 0.15) is 5.92 Å². The van der Waals surface area contributed by atoms with Crippen LogP contribution in [-0.4, -0.2) is 24.0 Å². The van der Waals surface area contributed by atoms with Crippen LogP contribution >= 0.6 is 23.2 Å². The predicted octanol–water partition coefficient (Wildman–Crippen LogP) is 5.39. The van der Waals surface area contributed by atoms with E-state index < -0.39 is 18.1 Å². The molecule has 5 rings (SSSR count). The van der Waals surface area contributed by atoms with Gasteiger partial charge < -0.3 is 0 Å². The first-order valence-corrected chi connectivity index (χ1v) is 10.9. The van der Waals surface area contributed by atoms with Crippen LogP contribution in [0.3, 0.4) is 0 Å². The highest BCUT2D eigenvalue weighted by Gasteiger charge is 2.59. The van der Waals surface area contributed by atoms with E-state index in [-0.39, 0.29) is 11.8 Å². The lowest BCUT2D eigenvalue weighted by atomic mass is 9.95. The fourth-order valence-corrected chi connectivity index (χ4v) is 4.33.